The van der Waals surface area contributed by atoms with Crippen molar-refractivity contribution in [2.24, 2.45) is 0 Å². The van der Waals surface area contributed by atoms with E-state index >= 15 is 0 Å². The van der Waals surface area contributed by atoms with E-state index in [2.05, 4.69) is 0 Å². The maximum atomic E-state index is 13.1. The first-order valence-electron chi connectivity index (χ1n) is 4.13. The van der Waals surface area contributed by atoms with Gasteiger partial charge in [-0.1, -0.05) is 0 Å². The highest BCUT2D eigenvalue weighted by Crippen LogP contribution is 2.19. The summed E-state index contributed by atoms with van der Waals surface area (Å²) >= 11 is 1.86. The number of aldehydes is 1. The zero-order chi connectivity index (χ0) is 11.6. The van der Waals surface area contributed by atoms with Crippen molar-refractivity contribution in [3.8, 4) is 0 Å². The second-order valence-corrected chi connectivity index (χ2v) is 4.25. The van der Waals surface area contributed by atoms with Crippen molar-refractivity contribution in [3.63, 3.8) is 0 Å². The summed E-state index contributed by atoms with van der Waals surface area (Å²) in [4.78, 5) is 23.6. The molecular formula is C10H9FINO2. The summed E-state index contributed by atoms with van der Waals surface area (Å²) in [5.74, 6) is -0.898. The van der Waals surface area contributed by atoms with Crippen molar-refractivity contribution in [2.45, 2.75) is 0 Å². The fourth-order valence-corrected chi connectivity index (χ4v) is 1.76. The lowest BCUT2D eigenvalue weighted by Crippen LogP contribution is -2.23. The van der Waals surface area contributed by atoms with Crippen LogP contribution >= 0.6 is 22.6 Å². The molecule has 0 N–H and O–H groups in total. The van der Waals surface area contributed by atoms with Crippen molar-refractivity contribution < 1.29 is 14.0 Å². The van der Waals surface area contributed by atoms with Crippen molar-refractivity contribution >= 4 is 34.8 Å². The maximum absolute atomic E-state index is 13.1. The molecule has 0 spiro atoms. The quantitative estimate of drug-likeness (QED) is 0.617. The molecule has 0 saturated carbocycles. The molecule has 0 heterocycles. The summed E-state index contributed by atoms with van der Waals surface area (Å²) in [6.07, 6.45) is 0.539. The van der Waals surface area contributed by atoms with Gasteiger partial charge in [0.2, 0.25) is 0 Å². The molecule has 1 rings (SSSR count). The van der Waals surface area contributed by atoms with Gasteiger partial charge >= 0.3 is 0 Å². The van der Waals surface area contributed by atoms with Gasteiger partial charge in [0.1, 0.15) is 5.82 Å². The van der Waals surface area contributed by atoms with E-state index in [1.54, 1.807) is 14.1 Å². The van der Waals surface area contributed by atoms with Crippen LogP contribution in [-0.4, -0.2) is 31.2 Å². The Labute approximate surface area is 100 Å². The van der Waals surface area contributed by atoms with Crippen molar-refractivity contribution in [2.75, 3.05) is 14.1 Å². The number of hydrogen-bond donors (Lipinski definition) is 0. The van der Waals surface area contributed by atoms with E-state index in [1.165, 1.54) is 4.90 Å². The first-order chi connectivity index (χ1) is 6.97. The highest BCUT2D eigenvalue weighted by atomic mass is 127. The molecule has 1 amide bonds. The summed E-state index contributed by atoms with van der Waals surface area (Å²) in [7, 11) is 3.15. The average Bonchev–Trinajstić information content (AvgIpc) is 2.19. The van der Waals surface area contributed by atoms with Crippen LogP contribution in [0.3, 0.4) is 0 Å². The molecule has 0 bridgehead atoms. The van der Waals surface area contributed by atoms with Gasteiger partial charge in [0.25, 0.3) is 5.91 Å². The zero-order valence-corrected chi connectivity index (χ0v) is 10.4. The lowest BCUT2D eigenvalue weighted by molar-refractivity contribution is 0.0826. The molecule has 5 heteroatoms. The molecule has 0 radical (unpaired) electrons. The molecule has 0 atom stereocenters. The minimum absolute atomic E-state index is 0.195. The fraction of sp³-hybridized carbons (Fsp3) is 0.200. The monoisotopic (exact) mass is 321 g/mol. The number of carbonyl (C=O) groups excluding carboxylic acids is 2. The zero-order valence-electron chi connectivity index (χ0n) is 8.25. The predicted octanol–water partition coefficient (Wildman–Crippen LogP) is 1.94. The highest BCUT2D eigenvalue weighted by molar-refractivity contribution is 14.1. The Morgan fingerprint density at radius 2 is 2.07 bits per heavy atom. The molecule has 0 aromatic heterocycles. The Bertz CT molecular complexity index is 418. The van der Waals surface area contributed by atoms with E-state index in [4.69, 9.17) is 0 Å². The maximum Gasteiger partial charge on any atom is 0.254 e. The molecule has 0 aliphatic rings. The third-order valence-electron chi connectivity index (χ3n) is 1.83. The number of nitrogens with zero attached hydrogens (tertiary/aromatic N) is 1. The molecule has 0 saturated heterocycles. The van der Waals surface area contributed by atoms with Crippen LogP contribution in [0.5, 0.6) is 0 Å². The molecule has 0 unspecified atom stereocenters. The second kappa shape index (κ2) is 4.69. The van der Waals surface area contributed by atoms with Crippen LogP contribution in [0.2, 0.25) is 0 Å². The third-order valence-corrected chi connectivity index (χ3v) is 3.03. The van der Waals surface area contributed by atoms with Crippen LogP contribution < -0.4 is 0 Å². The minimum Gasteiger partial charge on any atom is -0.345 e. The summed E-state index contributed by atoms with van der Waals surface area (Å²) in [6.45, 7) is 0. The third kappa shape index (κ3) is 2.53. The SMILES string of the molecule is CN(C)C(=O)c1cc(F)cc(C=O)c1I. The van der Waals surface area contributed by atoms with E-state index in [9.17, 15) is 14.0 Å². The Kier molecular flexibility index (Phi) is 3.78. The average molecular weight is 321 g/mol. The number of rotatable bonds is 2. The van der Waals surface area contributed by atoms with Gasteiger partial charge in [-0.15, -0.1) is 0 Å². The van der Waals surface area contributed by atoms with Crippen LogP contribution in [0, 0.1) is 9.39 Å². The van der Waals surface area contributed by atoms with Gasteiger partial charge in [-0.2, -0.15) is 0 Å². The number of halogens is 2. The van der Waals surface area contributed by atoms with E-state index in [-0.39, 0.29) is 17.0 Å². The van der Waals surface area contributed by atoms with E-state index in [0.717, 1.165) is 12.1 Å². The second-order valence-electron chi connectivity index (χ2n) is 3.17. The number of hydrogen-bond acceptors (Lipinski definition) is 2. The Morgan fingerprint density at radius 3 is 2.53 bits per heavy atom. The Morgan fingerprint density at radius 1 is 1.47 bits per heavy atom. The summed E-state index contributed by atoms with van der Waals surface area (Å²) in [6, 6.07) is 2.25. The summed E-state index contributed by atoms with van der Waals surface area (Å²) in [5, 5.41) is 0. The van der Waals surface area contributed by atoms with Gasteiger partial charge in [0.05, 0.1) is 5.56 Å². The van der Waals surface area contributed by atoms with Gasteiger partial charge in [-0.05, 0) is 34.7 Å². The minimum atomic E-state index is -0.581. The number of carbonyl (C=O) groups is 2. The molecule has 0 fully saturated rings. The Hall–Kier alpha value is -0.980. The van der Waals surface area contributed by atoms with Crippen LogP contribution in [0.25, 0.3) is 0 Å². The molecule has 0 aliphatic carbocycles. The lowest BCUT2D eigenvalue weighted by Gasteiger charge is -2.12. The summed E-state index contributed by atoms with van der Waals surface area (Å²) < 4.78 is 13.6. The van der Waals surface area contributed by atoms with Gasteiger partial charge in [0, 0.05) is 23.2 Å². The predicted molar refractivity (Wildman–Crippen MR) is 62.5 cm³/mol. The summed E-state index contributed by atoms with van der Waals surface area (Å²) in [5.41, 5.74) is 0.406. The van der Waals surface area contributed by atoms with Crippen molar-refractivity contribution in [1.29, 1.82) is 0 Å². The fourth-order valence-electron chi connectivity index (χ4n) is 1.09. The van der Waals surface area contributed by atoms with Crippen LogP contribution in [0.1, 0.15) is 20.7 Å². The molecule has 15 heavy (non-hydrogen) atoms. The smallest absolute Gasteiger partial charge is 0.254 e. The highest BCUT2D eigenvalue weighted by Gasteiger charge is 2.16. The molecule has 1 aromatic carbocycles. The molecule has 80 valence electrons. The molecular weight excluding hydrogens is 312 g/mol. The number of amides is 1. The first kappa shape index (κ1) is 12.1. The van der Waals surface area contributed by atoms with Crippen molar-refractivity contribution in [3.05, 3.63) is 32.6 Å². The lowest BCUT2D eigenvalue weighted by atomic mass is 10.1. The number of benzene rings is 1. The molecule has 3 nitrogen and oxygen atoms in total. The van der Waals surface area contributed by atoms with E-state index in [0.29, 0.717) is 9.86 Å². The molecule has 0 aliphatic heterocycles. The van der Waals surface area contributed by atoms with Crippen molar-refractivity contribution in [1.82, 2.24) is 4.90 Å². The van der Waals surface area contributed by atoms with Gasteiger partial charge in [-0.25, -0.2) is 4.39 Å². The van der Waals surface area contributed by atoms with Gasteiger partial charge in [-0.3, -0.25) is 9.59 Å². The Balaban J connectivity index is 3.35. The van der Waals surface area contributed by atoms with Gasteiger partial charge in [0.15, 0.2) is 6.29 Å². The van der Waals surface area contributed by atoms with Crippen LogP contribution in [0.15, 0.2) is 12.1 Å². The van der Waals surface area contributed by atoms with Crippen LogP contribution in [-0.2, 0) is 0 Å². The standard InChI is InChI=1S/C10H9FINO2/c1-13(2)10(15)8-4-7(11)3-6(5-14)9(8)12/h3-5H,1-2H3. The normalized spacial score (nSPS) is 9.87. The topological polar surface area (TPSA) is 37.4 Å². The van der Waals surface area contributed by atoms with Gasteiger partial charge < -0.3 is 4.90 Å². The first-order valence-corrected chi connectivity index (χ1v) is 5.21. The molecule has 1 aromatic rings. The van der Waals surface area contributed by atoms with E-state index in [1.807, 2.05) is 22.6 Å². The largest absolute Gasteiger partial charge is 0.345 e. The van der Waals surface area contributed by atoms with Crippen LogP contribution in [0.4, 0.5) is 4.39 Å². The van der Waals surface area contributed by atoms with E-state index < -0.39 is 5.82 Å².